The van der Waals surface area contributed by atoms with Crippen molar-refractivity contribution in [3.8, 4) is 10.6 Å². The maximum atomic E-state index is 13.5. The van der Waals surface area contributed by atoms with Crippen LogP contribution < -0.4 is 16.0 Å². The summed E-state index contributed by atoms with van der Waals surface area (Å²) in [4.78, 5) is 36.7. The minimum atomic E-state index is -4.91. The van der Waals surface area contributed by atoms with E-state index in [9.17, 15) is 27.2 Å². The molecule has 0 atom stereocenters. The zero-order valence-electron chi connectivity index (χ0n) is 20.6. The molecule has 3 aromatic heterocycles. The fourth-order valence-electron chi connectivity index (χ4n) is 4.02. The first-order chi connectivity index (χ1) is 19.2. The van der Waals surface area contributed by atoms with Gasteiger partial charge in [-0.15, -0.1) is 0 Å². The largest absolute Gasteiger partial charge is 0.419 e. The van der Waals surface area contributed by atoms with Crippen LogP contribution >= 0.6 is 11.3 Å². The molecule has 4 heterocycles. The number of aromatic nitrogens is 4. The van der Waals surface area contributed by atoms with E-state index in [4.69, 9.17) is 4.74 Å². The number of halogens is 4. The van der Waals surface area contributed by atoms with Gasteiger partial charge in [-0.2, -0.15) is 18.3 Å². The zero-order valence-corrected chi connectivity index (χ0v) is 21.5. The maximum Gasteiger partial charge on any atom is 0.419 e. The predicted octanol–water partition coefficient (Wildman–Crippen LogP) is 3.95. The molecule has 3 amide bonds. The summed E-state index contributed by atoms with van der Waals surface area (Å²) in [6.45, 7) is 4.06. The Bertz CT molecular complexity index is 1530. The van der Waals surface area contributed by atoms with E-state index < -0.39 is 23.6 Å². The number of nitrogens with zero attached hydrogens (tertiary/aromatic N) is 4. The van der Waals surface area contributed by atoms with Gasteiger partial charge in [0.15, 0.2) is 10.8 Å². The van der Waals surface area contributed by atoms with Gasteiger partial charge in [-0.3, -0.25) is 20.1 Å². The molecular formula is C24H22F4N8O3S. The molecule has 1 aliphatic rings. The van der Waals surface area contributed by atoms with Crippen LogP contribution in [0.1, 0.15) is 15.9 Å². The lowest BCUT2D eigenvalue weighted by atomic mass is 10.1. The third kappa shape index (κ3) is 6.35. The Morgan fingerprint density at radius 1 is 1.12 bits per heavy atom. The number of aromatic amines is 1. The molecule has 40 heavy (non-hydrogen) atoms. The minimum absolute atomic E-state index is 0.119. The van der Waals surface area contributed by atoms with Crippen molar-refractivity contribution in [2.45, 2.75) is 6.18 Å². The van der Waals surface area contributed by atoms with E-state index in [1.54, 1.807) is 6.07 Å². The van der Waals surface area contributed by atoms with Crippen LogP contribution in [0, 0.1) is 5.82 Å². The van der Waals surface area contributed by atoms with Crippen LogP contribution in [0.3, 0.4) is 0 Å². The first-order valence-corrected chi connectivity index (χ1v) is 12.8. The molecule has 0 saturated carbocycles. The third-order valence-corrected chi connectivity index (χ3v) is 6.93. The number of amides is 3. The molecule has 0 bridgehead atoms. The SMILES string of the molecule is O=C(Nc1ccc(F)c(C(F)(F)F)c1)Nc1ncc(-c2cc(C(=O)NCCN3CCOCC3)c3cn[nH]c3n2)s1. The molecule has 16 heteroatoms. The number of alkyl halides is 3. The smallest absolute Gasteiger partial charge is 0.379 e. The topological polar surface area (TPSA) is 137 Å². The Labute approximate surface area is 227 Å². The highest BCUT2D eigenvalue weighted by molar-refractivity contribution is 7.19. The molecule has 4 N–H and O–H groups in total. The van der Waals surface area contributed by atoms with Crippen molar-refractivity contribution >= 4 is 45.1 Å². The number of hydrogen-bond donors (Lipinski definition) is 4. The number of thiazole rings is 1. The second-order valence-corrected chi connectivity index (χ2v) is 9.73. The number of benzene rings is 1. The van der Waals surface area contributed by atoms with Gasteiger partial charge in [0.25, 0.3) is 5.91 Å². The molecule has 210 valence electrons. The first-order valence-electron chi connectivity index (χ1n) is 12.0. The molecular weight excluding hydrogens is 556 g/mol. The van der Waals surface area contributed by atoms with Gasteiger partial charge in [-0.25, -0.2) is 19.2 Å². The molecule has 1 fully saturated rings. The molecule has 1 saturated heterocycles. The third-order valence-electron chi connectivity index (χ3n) is 5.99. The van der Waals surface area contributed by atoms with E-state index in [2.05, 4.69) is 41.0 Å². The van der Waals surface area contributed by atoms with Crippen molar-refractivity contribution in [3.05, 3.63) is 53.6 Å². The van der Waals surface area contributed by atoms with Gasteiger partial charge in [-0.1, -0.05) is 11.3 Å². The Hall–Kier alpha value is -4.15. The number of pyridine rings is 1. The van der Waals surface area contributed by atoms with E-state index in [-0.39, 0.29) is 16.7 Å². The van der Waals surface area contributed by atoms with Crippen LogP contribution in [0.25, 0.3) is 21.6 Å². The van der Waals surface area contributed by atoms with E-state index in [1.807, 2.05) is 0 Å². The second-order valence-electron chi connectivity index (χ2n) is 8.70. The number of hydrogen-bond acceptors (Lipinski definition) is 8. The molecule has 0 spiro atoms. The highest BCUT2D eigenvalue weighted by atomic mass is 32.1. The van der Waals surface area contributed by atoms with Crippen molar-refractivity contribution in [2.24, 2.45) is 0 Å². The average molecular weight is 579 g/mol. The summed E-state index contributed by atoms with van der Waals surface area (Å²) in [5.41, 5.74) is -0.613. The lowest BCUT2D eigenvalue weighted by molar-refractivity contribution is -0.139. The fraction of sp³-hybridized carbons (Fsp3) is 0.292. The van der Waals surface area contributed by atoms with Gasteiger partial charge in [0.2, 0.25) is 0 Å². The standard InChI is InChI=1S/C24H22F4N8O3S/c25-17-2-1-13(9-16(17)24(26,27)28)32-22(38)34-23-30-12-19(40-23)18-10-14(15-11-31-35-20(15)33-18)21(37)29-3-4-36-5-7-39-8-6-36/h1-2,9-12H,3-8H2,(H,29,37)(H,31,33,35)(H2,30,32,34,38). The lowest BCUT2D eigenvalue weighted by Gasteiger charge is -2.26. The van der Waals surface area contributed by atoms with Gasteiger partial charge in [-0.05, 0) is 24.3 Å². The van der Waals surface area contributed by atoms with Gasteiger partial charge in [0.1, 0.15) is 5.82 Å². The van der Waals surface area contributed by atoms with Crippen LogP contribution in [0.15, 0.2) is 36.7 Å². The molecule has 0 aliphatic carbocycles. The Balaban J connectivity index is 1.27. The molecule has 0 radical (unpaired) electrons. The summed E-state index contributed by atoms with van der Waals surface area (Å²) in [5.74, 6) is -1.75. The van der Waals surface area contributed by atoms with Gasteiger partial charge >= 0.3 is 12.2 Å². The maximum absolute atomic E-state index is 13.5. The molecule has 1 aromatic carbocycles. The number of carbonyl (C=O) groups is 2. The minimum Gasteiger partial charge on any atom is -0.379 e. The lowest BCUT2D eigenvalue weighted by Crippen LogP contribution is -2.41. The van der Waals surface area contributed by atoms with Crippen molar-refractivity contribution < 1.29 is 31.9 Å². The summed E-state index contributed by atoms with van der Waals surface area (Å²) in [6, 6.07) is 2.84. The number of fused-ring (bicyclic) bond motifs is 1. The number of anilines is 2. The van der Waals surface area contributed by atoms with Crippen molar-refractivity contribution in [1.82, 2.24) is 30.4 Å². The number of carbonyl (C=O) groups excluding carboxylic acids is 2. The second kappa shape index (κ2) is 11.5. The number of ether oxygens (including phenoxy) is 1. The number of nitrogens with one attached hydrogen (secondary N) is 4. The number of urea groups is 1. The summed E-state index contributed by atoms with van der Waals surface area (Å²) in [5, 5.41) is 15.0. The van der Waals surface area contributed by atoms with E-state index >= 15 is 0 Å². The number of H-pyrrole nitrogens is 1. The van der Waals surface area contributed by atoms with Gasteiger partial charge in [0.05, 0.1) is 46.5 Å². The van der Waals surface area contributed by atoms with E-state index in [0.29, 0.717) is 65.6 Å². The summed E-state index contributed by atoms with van der Waals surface area (Å²) in [7, 11) is 0. The quantitative estimate of drug-likeness (QED) is 0.244. The van der Waals surface area contributed by atoms with Gasteiger partial charge in [0, 0.05) is 38.1 Å². The van der Waals surface area contributed by atoms with Crippen LogP contribution in [0.5, 0.6) is 0 Å². The van der Waals surface area contributed by atoms with Crippen LogP contribution in [0.4, 0.5) is 33.2 Å². The monoisotopic (exact) mass is 578 g/mol. The van der Waals surface area contributed by atoms with Crippen molar-refractivity contribution in [3.63, 3.8) is 0 Å². The normalized spacial score (nSPS) is 14.3. The first kappa shape index (κ1) is 27.4. The summed E-state index contributed by atoms with van der Waals surface area (Å²) < 4.78 is 57.7. The number of morpholine rings is 1. The van der Waals surface area contributed by atoms with Crippen molar-refractivity contribution in [2.75, 3.05) is 50.0 Å². The van der Waals surface area contributed by atoms with Crippen LogP contribution in [0.2, 0.25) is 0 Å². The summed E-state index contributed by atoms with van der Waals surface area (Å²) in [6.07, 6.45) is -1.97. The molecule has 4 aromatic rings. The highest BCUT2D eigenvalue weighted by Gasteiger charge is 2.34. The molecule has 11 nitrogen and oxygen atoms in total. The number of rotatable bonds is 7. The van der Waals surface area contributed by atoms with Gasteiger partial charge < -0.3 is 15.4 Å². The predicted molar refractivity (Wildman–Crippen MR) is 139 cm³/mol. The molecule has 0 unspecified atom stereocenters. The highest BCUT2D eigenvalue weighted by Crippen LogP contribution is 2.33. The average Bonchev–Trinajstić information content (AvgIpc) is 3.59. The molecule has 1 aliphatic heterocycles. The van der Waals surface area contributed by atoms with E-state index in [0.717, 1.165) is 30.5 Å². The molecule has 5 rings (SSSR count). The van der Waals surface area contributed by atoms with Crippen molar-refractivity contribution in [1.29, 1.82) is 0 Å². The summed E-state index contributed by atoms with van der Waals surface area (Å²) >= 11 is 1.03. The van der Waals surface area contributed by atoms with E-state index in [1.165, 1.54) is 12.4 Å². The Morgan fingerprint density at radius 3 is 2.70 bits per heavy atom. The Kier molecular flexibility index (Phi) is 7.90. The fourth-order valence-corrected chi connectivity index (χ4v) is 4.79. The Morgan fingerprint density at radius 2 is 1.93 bits per heavy atom. The van der Waals surface area contributed by atoms with Crippen LogP contribution in [-0.2, 0) is 10.9 Å². The van der Waals surface area contributed by atoms with Crippen LogP contribution in [-0.4, -0.2) is 76.4 Å². The zero-order chi connectivity index (χ0) is 28.3.